The van der Waals surface area contributed by atoms with Crippen LogP contribution in [0.15, 0.2) is 23.8 Å². The van der Waals surface area contributed by atoms with E-state index in [1.165, 1.54) is 12.2 Å². The SMILES string of the molecule is O=C(N[C@H]1CCC[C@H]1NC(=O)/C(F)=C\CCCCCO)/C(F)=C\CCCCCO. The van der Waals surface area contributed by atoms with Crippen molar-refractivity contribution in [1.29, 1.82) is 0 Å². The summed E-state index contributed by atoms with van der Waals surface area (Å²) in [5.74, 6) is -3.36. The van der Waals surface area contributed by atoms with Gasteiger partial charge in [0.05, 0.1) is 0 Å². The fraction of sp³-hybridized carbons (Fsp3) is 0.714. The molecule has 1 saturated carbocycles. The fourth-order valence-electron chi connectivity index (χ4n) is 3.29. The number of amides is 2. The van der Waals surface area contributed by atoms with Crippen LogP contribution in [0.4, 0.5) is 8.78 Å². The molecule has 0 unspecified atom stereocenters. The van der Waals surface area contributed by atoms with E-state index in [-0.39, 0.29) is 13.2 Å². The lowest BCUT2D eigenvalue weighted by Gasteiger charge is -2.21. The molecule has 0 saturated heterocycles. The van der Waals surface area contributed by atoms with Crippen LogP contribution in [-0.2, 0) is 9.59 Å². The lowest BCUT2D eigenvalue weighted by molar-refractivity contribution is -0.122. The van der Waals surface area contributed by atoms with Gasteiger partial charge in [0.2, 0.25) is 0 Å². The van der Waals surface area contributed by atoms with Gasteiger partial charge in [0, 0.05) is 25.3 Å². The van der Waals surface area contributed by atoms with Crippen molar-refractivity contribution in [3.05, 3.63) is 23.8 Å². The van der Waals surface area contributed by atoms with Crippen molar-refractivity contribution in [1.82, 2.24) is 10.6 Å². The number of aliphatic hydroxyl groups is 2. The third kappa shape index (κ3) is 10.5. The Bertz CT molecular complexity index is 519. The van der Waals surface area contributed by atoms with Crippen LogP contribution < -0.4 is 10.6 Å². The first-order chi connectivity index (χ1) is 14.0. The number of carbonyl (C=O) groups excluding carboxylic acids is 2. The maximum absolute atomic E-state index is 13.9. The number of nitrogens with one attached hydrogen (secondary N) is 2. The lowest BCUT2D eigenvalue weighted by Crippen LogP contribution is -2.48. The second kappa shape index (κ2) is 15.1. The van der Waals surface area contributed by atoms with E-state index >= 15 is 0 Å². The normalized spacial score (nSPS) is 20.0. The second-order valence-corrected chi connectivity index (χ2v) is 7.34. The molecule has 0 radical (unpaired) electrons. The van der Waals surface area contributed by atoms with Crippen LogP contribution in [0.5, 0.6) is 0 Å². The highest BCUT2D eigenvalue weighted by Crippen LogP contribution is 2.20. The van der Waals surface area contributed by atoms with Crippen LogP contribution >= 0.6 is 0 Å². The van der Waals surface area contributed by atoms with Crippen molar-refractivity contribution in [3.63, 3.8) is 0 Å². The van der Waals surface area contributed by atoms with E-state index in [0.717, 1.165) is 19.3 Å². The van der Waals surface area contributed by atoms with Crippen LogP contribution in [0, 0.1) is 0 Å². The molecule has 0 heterocycles. The van der Waals surface area contributed by atoms with Crippen LogP contribution in [-0.4, -0.2) is 47.3 Å². The van der Waals surface area contributed by atoms with E-state index in [2.05, 4.69) is 10.6 Å². The van der Waals surface area contributed by atoms with Gasteiger partial charge in [-0.25, -0.2) is 8.78 Å². The largest absolute Gasteiger partial charge is 0.396 e. The Morgan fingerprint density at radius 1 is 0.759 bits per heavy atom. The van der Waals surface area contributed by atoms with Gasteiger partial charge in [-0.2, -0.15) is 0 Å². The molecule has 0 aliphatic heterocycles. The number of rotatable bonds is 14. The smallest absolute Gasteiger partial charge is 0.279 e. The minimum atomic E-state index is -0.861. The first-order valence-electron chi connectivity index (χ1n) is 10.5. The molecule has 2 atom stereocenters. The highest BCUT2D eigenvalue weighted by atomic mass is 19.1. The van der Waals surface area contributed by atoms with Crippen molar-refractivity contribution in [2.75, 3.05) is 13.2 Å². The standard InChI is InChI=1S/C21H34F2N2O4/c22-16(10-5-1-3-7-14-26)20(28)24-18-12-9-13-19(18)25-21(29)17(23)11-6-2-4-8-15-27/h10-11,18-19,26-27H,1-9,12-15H2,(H,24,28)(H,25,29)/b16-10+,17-11+/t18-,19+. The van der Waals surface area contributed by atoms with Crippen molar-refractivity contribution in [3.8, 4) is 0 Å². The molecule has 2 amide bonds. The zero-order chi connectivity index (χ0) is 21.5. The zero-order valence-corrected chi connectivity index (χ0v) is 17.0. The summed E-state index contributed by atoms with van der Waals surface area (Å²) in [7, 11) is 0. The molecule has 0 aromatic heterocycles. The number of unbranched alkanes of at least 4 members (excludes halogenated alkanes) is 6. The summed E-state index contributed by atoms with van der Waals surface area (Å²) >= 11 is 0. The monoisotopic (exact) mass is 416 g/mol. The number of allylic oxidation sites excluding steroid dienone is 2. The fourth-order valence-corrected chi connectivity index (χ4v) is 3.29. The highest BCUT2D eigenvalue weighted by molar-refractivity contribution is 5.92. The molecule has 29 heavy (non-hydrogen) atoms. The number of halogens is 2. The molecule has 166 valence electrons. The average Bonchev–Trinajstić information content (AvgIpc) is 3.13. The average molecular weight is 417 g/mol. The molecule has 0 spiro atoms. The summed E-state index contributed by atoms with van der Waals surface area (Å²) in [6.45, 7) is 0.196. The Hall–Kier alpha value is -1.80. The van der Waals surface area contributed by atoms with Gasteiger partial charge in [-0.15, -0.1) is 0 Å². The van der Waals surface area contributed by atoms with Gasteiger partial charge in [-0.3, -0.25) is 9.59 Å². The Balaban J connectivity index is 2.43. The molecular formula is C21H34F2N2O4. The molecule has 4 N–H and O–H groups in total. The first-order valence-corrected chi connectivity index (χ1v) is 10.5. The van der Waals surface area contributed by atoms with Crippen LogP contribution in [0.2, 0.25) is 0 Å². The topological polar surface area (TPSA) is 98.7 Å². The number of hydrogen-bond acceptors (Lipinski definition) is 4. The molecule has 6 nitrogen and oxygen atoms in total. The van der Waals surface area contributed by atoms with Gasteiger partial charge in [-0.1, -0.05) is 12.8 Å². The summed E-state index contributed by atoms with van der Waals surface area (Å²) in [6.07, 6.45) is 9.42. The molecule has 1 aliphatic carbocycles. The van der Waals surface area contributed by atoms with Gasteiger partial charge in [0.1, 0.15) is 0 Å². The second-order valence-electron chi connectivity index (χ2n) is 7.34. The quantitative estimate of drug-likeness (QED) is 0.258. The molecule has 0 aromatic rings. The minimum absolute atomic E-state index is 0.0982. The van der Waals surface area contributed by atoms with Gasteiger partial charge < -0.3 is 20.8 Å². The lowest BCUT2D eigenvalue weighted by atomic mass is 10.1. The van der Waals surface area contributed by atoms with Gasteiger partial charge in [0.15, 0.2) is 11.7 Å². The molecule has 8 heteroatoms. The van der Waals surface area contributed by atoms with Crippen LogP contribution in [0.1, 0.15) is 70.6 Å². The maximum Gasteiger partial charge on any atom is 0.279 e. The van der Waals surface area contributed by atoms with Crippen molar-refractivity contribution in [2.45, 2.75) is 82.7 Å². The Morgan fingerprint density at radius 2 is 1.17 bits per heavy atom. The van der Waals surface area contributed by atoms with Crippen LogP contribution in [0.25, 0.3) is 0 Å². The van der Waals surface area contributed by atoms with Gasteiger partial charge in [0.25, 0.3) is 11.8 Å². The molecule has 1 rings (SSSR count). The van der Waals surface area contributed by atoms with Gasteiger partial charge in [-0.05, 0) is 69.9 Å². The number of hydrogen-bond donors (Lipinski definition) is 4. The highest BCUT2D eigenvalue weighted by Gasteiger charge is 2.31. The summed E-state index contributed by atoms with van der Waals surface area (Å²) in [4.78, 5) is 24.0. The Kier molecular flexibility index (Phi) is 13.1. The maximum atomic E-state index is 13.9. The van der Waals surface area contributed by atoms with Crippen LogP contribution in [0.3, 0.4) is 0 Å². The third-order valence-corrected chi connectivity index (χ3v) is 4.95. The van der Waals surface area contributed by atoms with E-state index in [4.69, 9.17) is 10.2 Å². The minimum Gasteiger partial charge on any atom is -0.396 e. The zero-order valence-electron chi connectivity index (χ0n) is 17.0. The third-order valence-electron chi connectivity index (χ3n) is 4.95. The van der Waals surface area contributed by atoms with E-state index in [1.54, 1.807) is 0 Å². The van der Waals surface area contributed by atoms with E-state index in [9.17, 15) is 18.4 Å². The predicted molar refractivity (Wildman–Crippen MR) is 107 cm³/mol. The van der Waals surface area contributed by atoms with Crippen molar-refractivity contribution in [2.24, 2.45) is 0 Å². The van der Waals surface area contributed by atoms with Gasteiger partial charge >= 0.3 is 0 Å². The molecule has 0 aromatic carbocycles. The number of carbonyl (C=O) groups is 2. The first kappa shape index (κ1) is 25.2. The molecular weight excluding hydrogens is 382 g/mol. The van der Waals surface area contributed by atoms with Crippen molar-refractivity contribution >= 4 is 11.8 Å². The number of aliphatic hydroxyl groups excluding tert-OH is 2. The summed E-state index contributed by atoms with van der Waals surface area (Å²) in [5.41, 5.74) is 0. The van der Waals surface area contributed by atoms with E-state index in [1.807, 2.05) is 0 Å². The van der Waals surface area contributed by atoms with E-state index in [0.29, 0.717) is 51.4 Å². The molecule has 0 bridgehead atoms. The van der Waals surface area contributed by atoms with E-state index < -0.39 is 35.6 Å². The molecule has 1 aliphatic rings. The Labute approximate surface area is 171 Å². The Morgan fingerprint density at radius 3 is 1.55 bits per heavy atom. The summed E-state index contributed by atoms with van der Waals surface area (Å²) < 4.78 is 27.9. The predicted octanol–water partition coefficient (Wildman–Crippen LogP) is 2.95. The summed E-state index contributed by atoms with van der Waals surface area (Å²) in [6, 6.07) is -0.866. The van der Waals surface area contributed by atoms with Crippen molar-refractivity contribution < 1.29 is 28.6 Å². The molecule has 1 fully saturated rings. The summed E-state index contributed by atoms with van der Waals surface area (Å²) in [5, 5.41) is 22.6.